The number of fused-ring (bicyclic) bond motifs is 2. The van der Waals surface area contributed by atoms with Crippen molar-refractivity contribution in [3.63, 3.8) is 0 Å². The number of benzene rings is 2. The second-order valence-electron chi connectivity index (χ2n) is 7.85. The van der Waals surface area contributed by atoms with E-state index in [-0.39, 0.29) is 5.91 Å². The van der Waals surface area contributed by atoms with Gasteiger partial charge in [0.05, 0.1) is 0 Å². The van der Waals surface area contributed by atoms with Crippen molar-refractivity contribution in [1.82, 2.24) is 4.90 Å². The number of likely N-dealkylation sites (N-methyl/N-ethyl adjacent to an activating group) is 1. The van der Waals surface area contributed by atoms with Crippen LogP contribution in [-0.2, 0) is 6.42 Å². The number of carbonyl (C=O) groups is 1. The van der Waals surface area contributed by atoms with E-state index in [0.29, 0.717) is 11.6 Å². The summed E-state index contributed by atoms with van der Waals surface area (Å²) in [5.41, 5.74) is 16.7. The molecule has 0 saturated heterocycles. The van der Waals surface area contributed by atoms with Gasteiger partial charge >= 0.3 is 0 Å². The number of primary amides is 1. The fraction of sp³-hybridized carbons (Fsp3) is 0.348. The molecule has 0 saturated carbocycles. The van der Waals surface area contributed by atoms with Crippen LogP contribution in [0.25, 0.3) is 16.7 Å². The van der Waals surface area contributed by atoms with Crippen LogP contribution in [-0.4, -0.2) is 30.4 Å². The van der Waals surface area contributed by atoms with E-state index in [9.17, 15) is 4.79 Å². The molecule has 3 nitrogen and oxygen atoms in total. The molecule has 0 spiro atoms. The molecule has 3 heteroatoms. The molecule has 26 heavy (non-hydrogen) atoms. The maximum atomic E-state index is 12.1. The number of aryl methyl sites for hydroxylation is 1. The third-order valence-electron chi connectivity index (χ3n) is 6.29. The highest BCUT2D eigenvalue weighted by molar-refractivity contribution is 6.00. The van der Waals surface area contributed by atoms with Crippen LogP contribution in [0.4, 0.5) is 0 Å². The molecule has 0 fully saturated rings. The zero-order chi connectivity index (χ0) is 18.6. The van der Waals surface area contributed by atoms with Crippen molar-refractivity contribution in [3.8, 4) is 11.1 Å². The van der Waals surface area contributed by atoms with Crippen LogP contribution in [0.1, 0.15) is 46.0 Å². The summed E-state index contributed by atoms with van der Waals surface area (Å²) < 4.78 is 0. The van der Waals surface area contributed by atoms with Gasteiger partial charge in [-0.25, -0.2) is 0 Å². The molecule has 2 aromatic rings. The lowest BCUT2D eigenvalue weighted by Gasteiger charge is -2.32. The van der Waals surface area contributed by atoms with Gasteiger partial charge in [-0.15, -0.1) is 0 Å². The fourth-order valence-electron chi connectivity index (χ4n) is 4.48. The van der Waals surface area contributed by atoms with Gasteiger partial charge < -0.3 is 5.73 Å². The first kappa shape index (κ1) is 17.0. The Labute approximate surface area is 155 Å². The number of hydrogen-bond acceptors (Lipinski definition) is 2. The molecule has 134 valence electrons. The van der Waals surface area contributed by atoms with Crippen LogP contribution < -0.4 is 5.73 Å². The maximum absolute atomic E-state index is 12.1. The second kappa shape index (κ2) is 6.10. The lowest BCUT2D eigenvalue weighted by Crippen LogP contribution is -2.34. The van der Waals surface area contributed by atoms with E-state index in [4.69, 9.17) is 5.73 Å². The quantitative estimate of drug-likeness (QED) is 0.890. The SMILES string of the molecule is Cc1cccc(-c2ccc(C(N)=O)c3c2C2=C(C3)CC(C)N(C)C2)c1C. The summed E-state index contributed by atoms with van der Waals surface area (Å²) in [5, 5.41) is 0. The maximum Gasteiger partial charge on any atom is 0.249 e. The fourth-order valence-corrected chi connectivity index (χ4v) is 4.48. The van der Waals surface area contributed by atoms with Crippen molar-refractivity contribution < 1.29 is 4.79 Å². The van der Waals surface area contributed by atoms with E-state index in [1.54, 1.807) is 0 Å². The van der Waals surface area contributed by atoms with Crippen LogP contribution in [0.2, 0.25) is 0 Å². The lowest BCUT2D eigenvalue weighted by molar-refractivity contribution is 0.0999. The van der Waals surface area contributed by atoms with Crippen molar-refractivity contribution in [1.29, 1.82) is 0 Å². The predicted molar refractivity (Wildman–Crippen MR) is 107 cm³/mol. The number of rotatable bonds is 2. The standard InChI is InChI=1S/C23H26N2O/c1-13-6-5-7-17(15(13)3)18-8-9-19(23(24)26)20-11-16-10-14(2)25(4)12-21(16)22(18)20/h5-9,14H,10-12H2,1-4H3,(H2,24,26). The monoisotopic (exact) mass is 346 g/mol. The summed E-state index contributed by atoms with van der Waals surface area (Å²) in [7, 11) is 2.18. The normalized spacial score (nSPS) is 19.5. The Morgan fingerprint density at radius 2 is 1.92 bits per heavy atom. The summed E-state index contributed by atoms with van der Waals surface area (Å²) >= 11 is 0. The molecule has 1 unspecified atom stereocenters. The minimum atomic E-state index is -0.324. The van der Waals surface area contributed by atoms with Gasteiger partial charge in [-0.2, -0.15) is 0 Å². The Balaban J connectivity index is 1.98. The third kappa shape index (κ3) is 2.50. The van der Waals surface area contributed by atoms with Crippen LogP contribution in [0.15, 0.2) is 35.9 Å². The molecule has 2 N–H and O–H groups in total. The molecule has 0 radical (unpaired) electrons. The Morgan fingerprint density at radius 3 is 2.65 bits per heavy atom. The highest BCUT2D eigenvalue weighted by Crippen LogP contribution is 2.45. The van der Waals surface area contributed by atoms with Gasteiger partial charge in [0.15, 0.2) is 0 Å². The van der Waals surface area contributed by atoms with E-state index in [1.807, 2.05) is 6.07 Å². The molecule has 1 aliphatic heterocycles. The second-order valence-corrected chi connectivity index (χ2v) is 7.85. The first-order valence-electron chi connectivity index (χ1n) is 9.32. The van der Waals surface area contributed by atoms with Gasteiger partial charge in [0.2, 0.25) is 5.91 Å². The molecule has 2 aliphatic rings. The van der Waals surface area contributed by atoms with Crippen molar-refractivity contribution in [3.05, 3.63) is 63.7 Å². The smallest absolute Gasteiger partial charge is 0.249 e. The van der Waals surface area contributed by atoms with Gasteiger partial charge in [-0.1, -0.05) is 29.8 Å². The number of amides is 1. The van der Waals surface area contributed by atoms with Crippen molar-refractivity contribution >= 4 is 11.5 Å². The Kier molecular flexibility index (Phi) is 4.00. The van der Waals surface area contributed by atoms with Gasteiger partial charge in [0.25, 0.3) is 0 Å². The zero-order valence-corrected chi connectivity index (χ0v) is 16.0. The van der Waals surface area contributed by atoms with Crippen molar-refractivity contribution in [2.75, 3.05) is 13.6 Å². The molecule has 2 aromatic carbocycles. The summed E-state index contributed by atoms with van der Waals surface area (Å²) in [5.74, 6) is -0.324. The molecule has 0 aromatic heterocycles. The average Bonchev–Trinajstić information content (AvgIpc) is 2.95. The Bertz CT molecular complexity index is 955. The summed E-state index contributed by atoms with van der Waals surface area (Å²) in [6.07, 6.45) is 1.92. The van der Waals surface area contributed by atoms with E-state index in [0.717, 1.165) is 24.9 Å². The molecule has 1 atom stereocenters. The predicted octanol–water partition coefficient (Wildman–Crippen LogP) is 4.10. The van der Waals surface area contributed by atoms with Crippen molar-refractivity contribution in [2.24, 2.45) is 5.73 Å². The molecule has 1 aliphatic carbocycles. The van der Waals surface area contributed by atoms with Gasteiger partial charge in [-0.3, -0.25) is 9.69 Å². The van der Waals surface area contributed by atoms with E-state index in [2.05, 4.69) is 57.0 Å². The van der Waals surface area contributed by atoms with Crippen LogP contribution in [0.5, 0.6) is 0 Å². The minimum Gasteiger partial charge on any atom is -0.366 e. The van der Waals surface area contributed by atoms with Crippen LogP contribution in [0, 0.1) is 13.8 Å². The Hall–Kier alpha value is -2.39. The highest BCUT2D eigenvalue weighted by Gasteiger charge is 2.33. The third-order valence-corrected chi connectivity index (χ3v) is 6.29. The molecule has 4 rings (SSSR count). The number of nitrogens with zero attached hydrogens (tertiary/aromatic N) is 1. The van der Waals surface area contributed by atoms with Crippen LogP contribution >= 0.6 is 0 Å². The van der Waals surface area contributed by atoms with E-state index in [1.165, 1.54) is 39.0 Å². The topological polar surface area (TPSA) is 46.3 Å². The van der Waals surface area contributed by atoms with E-state index >= 15 is 0 Å². The molecular formula is C23H26N2O. The lowest BCUT2D eigenvalue weighted by atomic mass is 9.87. The van der Waals surface area contributed by atoms with Crippen LogP contribution in [0.3, 0.4) is 0 Å². The molecular weight excluding hydrogens is 320 g/mol. The zero-order valence-electron chi connectivity index (χ0n) is 16.0. The first-order valence-corrected chi connectivity index (χ1v) is 9.32. The minimum absolute atomic E-state index is 0.324. The number of hydrogen-bond donors (Lipinski definition) is 1. The number of carbonyl (C=O) groups excluding carboxylic acids is 1. The van der Waals surface area contributed by atoms with Gasteiger partial charge in [0.1, 0.15) is 0 Å². The largest absolute Gasteiger partial charge is 0.366 e. The van der Waals surface area contributed by atoms with Crippen molar-refractivity contribution in [2.45, 2.75) is 39.7 Å². The molecule has 0 bridgehead atoms. The summed E-state index contributed by atoms with van der Waals surface area (Å²) in [4.78, 5) is 14.5. The first-order chi connectivity index (χ1) is 12.4. The summed E-state index contributed by atoms with van der Waals surface area (Å²) in [6.45, 7) is 7.53. The van der Waals surface area contributed by atoms with Gasteiger partial charge in [-0.05, 0) is 85.7 Å². The van der Waals surface area contributed by atoms with E-state index < -0.39 is 0 Å². The molecule has 1 heterocycles. The number of nitrogens with two attached hydrogens (primary N) is 1. The van der Waals surface area contributed by atoms with Gasteiger partial charge in [0, 0.05) is 18.2 Å². The average molecular weight is 346 g/mol. The molecule has 1 amide bonds. The summed E-state index contributed by atoms with van der Waals surface area (Å²) in [6, 6.07) is 11.0. The Morgan fingerprint density at radius 1 is 1.15 bits per heavy atom. The highest BCUT2D eigenvalue weighted by atomic mass is 16.1.